The molecule has 184 valence electrons. The Labute approximate surface area is 229 Å². The van der Waals surface area contributed by atoms with Gasteiger partial charge in [0, 0.05) is 4.47 Å². The van der Waals surface area contributed by atoms with Gasteiger partial charge in [0.05, 0.1) is 18.0 Å². The van der Waals surface area contributed by atoms with Gasteiger partial charge in [0.25, 0.3) is 5.91 Å². The average Bonchev–Trinajstić information content (AvgIpc) is 3.22. The molecule has 4 aromatic rings. The summed E-state index contributed by atoms with van der Waals surface area (Å²) in [6.07, 6.45) is 1.92. The molecular formula is C31H25BrN2O2S. The Hall–Kier alpha value is -3.61. The summed E-state index contributed by atoms with van der Waals surface area (Å²) in [5.74, 6) is 0.716. The predicted molar refractivity (Wildman–Crippen MR) is 155 cm³/mol. The number of amides is 1. The van der Waals surface area contributed by atoms with E-state index in [2.05, 4.69) is 15.9 Å². The summed E-state index contributed by atoms with van der Waals surface area (Å²) in [5, 5.41) is 0.714. The normalized spacial score (nSPS) is 15.5. The Morgan fingerprint density at radius 2 is 1.51 bits per heavy atom. The van der Waals surface area contributed by atoms with Crippen molar-refractivity contribution in [1.82, 2.24) is 4.90 Å². The first-order valence-electron chi connectivity index (χ1n) is 11.9. The summed E-state index contributed by atoms with van der Waals surface area (Å²) in [6, 6.07) is 36.0. The molecule has 5 rings (SSSR count). The van der Waals surface area contributed by atoms with Gasteiger partial charge in [0.2, 0.25) is 0 Å². The van der Waals surface area contributed by atoms with E-state index in [1.807, 2.05) is 115 Å². The van der Waals surface area contributed by atoms with Gasteiger partial charge in [-0.15, -0.1) is 0 Å². The van der Waals surface area contributed by atoms with Gasteiger partial charge >= 0.3 is 0 Å². The number of aliphatic imine (C=N–C) groups is 1. The lowest BCUT2D eigenvalue weighted by atomic mass is 10.2. The Balaban J connectivity index is 1.35. The number of hydrogen-bond donors (Lipinski definition) is 0. The third-order valence-corrected chi connectivity index (χ3v) is 7.36. The van der Waals surface area contributed by atoms with Crippen LogP contribution in [0, 0.1) is 0 Å². The monoisotopic (exact) mass is 568 g/mol. The highest BCUT2D eigenvalue weighted by atomic mass is 79.9. The third kappa shape index (κ3) is 6.79. The fourth-order valence-corrected chi connectivity index (χ4v) is 5.11. The molecule has 1 saturated heterocycles. The summed E-state index contributed by atoms with van der Waals surface area (Å²) in [6.45, 7) is 1.48. The molecule has 37 heavy (non-hydrogen) atoms. The van der Waals surface area contributed by atoms with E-state index in [0.717, 1.165) is 32.5 Å². The van der Waals surface area contributed by atoms with Crippen molar-refractivity contribution in [3.05, 3.63) is 141 Å². The van der Waals surface area contributed by atoms with Crippen molar-refractivity contribution in [3.63, 3.8) is 0 Å². The largest absolute Gasteiger partial charge is 0.489 e. The van der Waals surface area contributed by atoms with Gasteiger partial charge in [-0.1, -0.05) is 101 Å². The fraction of sp³-hybridized carbons (Fsp3) is 0.0968. The number of thioether (sulfide) groups is 1. The molecule has 4 nitrogen and oxygen atoms in total. The van der Waals surface area contributed by atoms with Crippen LogP contribution in [0.1, 0.15) is 22.3 Å². The van der Waals surface area contributed by atoms with Crippen molar-refractivity contribution < 1.29 is 9.53 Å². The van der Waals surface area contributed by atoms with E-state index in [-0.39, 0.29) is 5.91 Å². The van der Waals surface area contributed by atoms with Crippen molar-refractivity contribution in [2.75, 3.05) is 0 Å². The van der Waals surface area contributed by atoms with E-state index in [0.29, 0.717) is 29.8 Å². The number of amidine groups is 1. The maximum atomic E-state index is 13.5. The molecule has 0 spiro atoms. The smallest absolute Gasteiger partial charge is 0.267 e. The molecular weight excluding hydrogens is 544 g/mol. The Bertz CT molecular complexity index is 1420. The quantitative estimate of drug-likeness (QED) is 0.204. The van der Waals surface area contributed by atoms with Crippen LogP contribution >= 0.6 is 27.7 Å². The van der Waals surface area contributed by atoms with Crippen LogP contribution in [0.25, 0.3) is 6.08 Å². The molecule has 1 aliphatic heterocycles. The predicted octanol–water partition coefficient (Wildman–Crippen LogP) is 7.70. The highest BCUT2D eigenvalue weighted by Gasteiger charge is 2.33. The maximum Gasteiger partial charge on any atom is 0.267 e. The molecule has 0 aromatic heterocycles. The number of ether oxygens (including phenoxy) is 1. The highest BCUT2D eigenvalue weighted by molar-refractivity contribution is 9.10. The number of hydrogen-bond acceptors (Lipinski definition) is 4. The second kappa shape index (κ2) is 12.1. The minimum absolute atomic E-state index is 0.0400. The van der Waals surface area contributed by atoms with Crippen LogP contribution in [0.15, 0.2) is 124 Å². The number of benzene rings is 4. The van der Waals surface area contributed by atoms with E-state index in [9.17, 15) is 4.79 Å². The lowest BCUT2D eigenvalue weighted by Crippen LogP contribution is -2.28. The molecule has 0 bridgehead atoms. The van der Waals surface area contributed by atoms with Gasteiger partial charge in [-0.05, 0) is 64.4 Å². The lowest BCUT2D eigenvalue weighted by Gasteiger charge is -2.15. The minimum atomic E-state index is -0.0400. The van der Waals surface area contributed by atoms with Gasteiger partial charge < -0.3 is 4.74 Å². The molecule has 1 amide bonds. The standard InChI is InChI=1S/C31H25BrN2O2S/c32-27-16-14-25(15-17-27)22-36-28-13-7-12-26(18-28)19-29-30(35)34(21-24-10-5-2-6-11-24)31(37-29)33-20-23-8-3-1-4-9-23/h1-19H,20-22H2/b29-19-,33-31?. The van der Waals surface area contributed by atoms with Crippen molar-refractivity contribution in [2.45, 2.75) is 19.7 Å². The summed E-state index contributed by atoms with van der Waals surface area (Å²) in [7, 11) is 0. The van der Waals surface area contributed by atoms with Crippen molar-refractivity contribution in [1.29, 1.82) is 0 Å². The zero-order chi connectivity index (χ0) is 25.5. The topological polar surface area (TPSA) is 41.9 Å². The molecule has 0 N–H and O–H groups in total. The first-order chi connectivity index (χ1) is 18.1. The highest BCUT2D eigenvalue weighted by Crippen LogP contribution is 2.34. The number of halogens is 1. The van der Waals surface area contributed by atoms with Crippen molar-refractivity contribution in [2.24, 2.45) is 4.99 Å². The van der Waals surface area contributed by atoms with Gasteiger partial charge in [-0.2, -0.15) is 0 Å². The first-order valence-corrected chi connectivity index (χ1v) is 13.6. The van der Waals surface area contributed by atoms with Gasteiger partial charge in [-0.3, -0.25) is 14.7 Å². The first kappa shape index (κ1) is 25.1. The third-order valence-electron chi connectivity index (χ3n) is 5.79. The van der Waals surface area contributed by atoms with E-state index in [1.54, 1.807) is 4.90 Å². The SMILES string of the molecule is O=C1/C(=C/c2cccc(OCc3ccc(Br)cc3)c2)SC(=NCc2ccccc2)N1Cc1ccccc1. The van der Waals surface area contributed by atoms with Crippen LogP contribution in [0.2, 0.25) is 0 Å². The zero-order valence-corrected chi connectivity index (χ0v) is 22.5. The van der Waals surface area contributed by atoms with Gasteiger partial charge in [0.1, 0.15) is 12.4 Å². The van der Waals surface area contributed by atoms with Crippen LogP contribution in [-0.4, -0.2) is 16.0 Å². The zero-order valence-electron chi connectivity index (χ0n) is 20.1. The summed E-state index contributed by atoms with van der Waals surface area (Å²) in [5.41, 5.74) is 4.17. The molecule has 1 aliphatic rings. The van der Waals surface area contributed by atoms with E-state index in [4.69, 9.17) is 9.73 Å². The van der Waals surface area contributed by atoms with Crippen LogP contribution in [-0.2, 0) is 24.5 Å². The summed E-state index contributed by atoms with van der Waals surface area (Å²) in [4.78, 5) is 20.7. The van der Waals surface area contributed by atoms with Crippen LogP contribution in [0.4, 0.5) is 0 Å². The maximum absolute atomic E-state index is 13.5. The minimum Gasteiger partial charge on any atom is -0.489 e. The fourth-order valence-electron chi connectivity index (χ4n) is 3.87. The lowest BCUT2D eigenvalue weighted by molar-refractivity contribution is -0.122. The van der Waals surface area contributed by atoms with Crippen LogP contribution in [0.3, 0.4) is 0 Å². The van der Waals surface area contributed by atoms with Crippen molar-refractivity contribution >= 4 is 44.8 Å². The molecule has 1 fully saturated rings. The molecule has 1 heterocycles. The molecule has 0 atom stereocenters. The van der Waals surface area contributed by atoms with Crippen molar-refractivity contribution in [3.8, 4) is 5.75 Å². The Kier molecular flexibility index (Phi) is 8.18. The Morgan fingerprint density at radius 3 is 2.24 bits per heavy atom. The molecule has 6 heteroatoms. The van der Waals surface area contributed by atoms with E-state index < -0.39 is 0 Å². The van der Waals surface area contributed by atoms with Crippen LogP contribution in [0.5, 0.6) is 5.75 Å². The van der Waals surface area contributed by atoms with E-state index in [1.165, 1.54) is 11.8 Å². The van der Waals surface area contributed by atoms with E-state index >= 15 is 0 Å². The second-order valence-electron chi connectivity index (χ2n) is 8.56. The van der Waals surface area contributed by atoms with Gasteiger partial charge in [0.15, 0.2) is 5.17 Å². The second-order valence-corrected chi connectivity index (χ2v) is 10.5. The molecule has 0 aliphatic carbocycles. The summed E-state index contributed by atoms with van der Waals surface area (Å²) >= 11 is 4.88. The summed E-state index contributed by atoms with van der Waals surface area (Å²) < 4.78 is 7.04. The number of rotatable bonds is 8. The number of nitrogens with zero attached hydrogens (tertiary/aromatic N) is 2. The van der Waals surface area contributed by atoms with Crippen LogP contribution < -0.4 is 4.74 Å². The molecule has 0 saturated carbocycles. The molecule has 0 unspecified atom stereocenters. The number of carbonyl (C=O) groups is 1. The van der Waals surface area contributed by atoms with Gasteiger partial charge in [-0.25, -0.2) is 0 Å². The molecule has 4 aromatic carbocycles. The molecule has 0 radical (unpaired) electrons. The average molecular weight is 570 g/mol. The number of carbonyl (C=O) groups excluding carboxylic acids is 1. The Morgan fingerprint density at radius 1 is 0.811 bits per heavy atom.